The quantitative estimate of drug-likeness (QED) is 0.360. The van der Waals surface area contributed by atoms with Gasteiger partial charge in [0.25, 0.3) is 0 Å². The molecule has 4 aromatic carbocycles. The van der Waals surface area contributed by atoms with Gasteiger partial charge in [-0.3, -0.25) is 0 Å². The topological polar surface area (TPSA) is 0 Å². The van der Waals surface area contributed by atoms with Crippen molar-refractivity contribution in [3.8, 4) is 11.1 Å². The van der Waals surface area contributed by atoms with Gasteiger partial charge in [0.05, 0.1) is 0 Å². The predicted octanol–water partition coefficient (Wildman–Crippen LogP) is 6.28. The van der Waals surface area contributed by atoms with Crippen LogP contribution in [-0.2, 0) is 0 Å². The van der Waals surface area contributed by atoms with E-state index in [9.17, 15) is 0 Å². The van der Waals surface area contributed by atoms with Crippen molar-refractivity contribution < 1.29 is 0 Å². The van der Waals surface area contributed by atoms with E-state index >= 15 is 0 Å². The molecule has 4 rings (SSSR count). The van der Waals surface area contributed by atoms with E-state index < -0.39 is 0 Å². The third kappa shape index (κ3) is 1.92. The lowest BCUT2D eigenvalue weighted by molar-refractivity contribution is 1.47. The Morgan fingerprint density at radius 2 is 1.23 bits per heavy atom. The SMILES string of the molecule is Cc1ccccc1-c1c2ccccc2cc2c(C)cccc12. The summed E-state index contributed by atoms with van der Waals surface area (Å²) < 4.78 is 0. The molecule has 0 amide bonds. The van der Waals surface area contributed by atoms with Crippen molar-refractivity contribution in [2.75, 3.05) is 0 Å². The van der Waals surface area contributed by atoms with Crippen LogP contribution in [0.4, 0.5) is 0 Å². The largest absolute Gasteiger partial charge is 0.0620 e. The Hall–Kier alpha value is -2.60. The number of hydrogen-bond donors (Lipinski definition) is 0. The first-order chi connectivity index (χ1) is 10.8. The normalized spacial score (nSPS) is 11.2. The molecule has 22 heavy (non-hydrogen) atoms. The highest BCUT2D eigenvalue weighted by molar-refractivity contribution is 6.13. The first-order valence-electron chi connectivity index (χ1n) is 7.73. The first-order valence-corrected chi connectivity index (χ1v) is 7.73. The van der Waals surface area contributed by atoms with Gasteiger partial charge in [-0.15, -0.1) is 0 Å². The molecule has 0 heterocycles. The van der Waals surface area contributed by atoms with Gasteiger partial charge in [0, 0.05) is 0 Å². The van der Waals surface area contributed by atoms with E-state index in [4.69, 9.17) is 0 Å². The summed E-state index contributed by atoms with van der Waals surface area (Å²) in [6.07, 6.45) is 0. The molecule has 4 aromatic rings. The molecular formula is C22H18. The van der Waals surface area contributed by atoms with Gasteiger partial charge in [-0.2, -0.15) is 0 Å². The van der Waals surface area contributed by atoms with Crippen molar-refractivity contribution in [2.24, 2.45) is 0 Å². The Labute approximate surface area is 131 Å². The van der Waals surface area contributed by atoms with E-state index in [1.807, 2.05) is 0 Å². The first kappa shape index (κ1) is 13.1. The van der Waals surface area contributed by atoms with E-state index in [-0.39, 0.29) is 0 Å². The van der Waals surface area contributed by atoms with E-state index in [0.29, 0.717) is 0 Å². The van der Waals surface area contributed by atoms with Crippen LogP contribution in [-0.4, -0.2) is 0 Å². The van der Waals surface area contributed by atoms with Crippen LogP contribution in [0.5, 0.6) is 0 Å². The second-order valence-corrected chi connectivity index (χ2v) is 5.96. The smallest absolute Gasteiger partial charge is 0.00241 e. The van der Waals surface area contributed by atoms with Crippen LogP contribution in [0.1, 0.15) is 11.1 Å². The molecule has 0 aromatic heterocycles. The summed E-state index contributed by atoms with van der Waals surface area (Å²) >= 11 is 0. The highest BCUT2D eigenvalue weighted by Gasteiger charge is 2.12. The summed E-state index contributed by atoms with van der Waals surface area (Å²) in [7, 11) is 0. The Morgan fingerprint density at radius 1 is 0.545 bits per heavy atom. The summed E-state index contributed by atoms with van der Waals surface area (Å²) in [5, 5.41) is 5.32. The number of hydrogen-bond acceptors (Lipinski definition) is 0. The van der Waals surface area contributed by atoms with Gasteiger partial charge >= 0.3 is 0 Å². The number of fused-ring (bicyclic) bond motifs is 2. The van der Waals surface area contributed by atoms with Gasteiger partial charge < -0.3 is 0 Å². The summed E-state index contributed by atoms with van der Waals surface area (Å²) in [4.78, 5) is 0. The summed E-state index contributed by atoms with van der Waals surface area (Å²) in [5.41, 5.74) is 5.34. The lowest BCUT2D eigenvalue weighted by Crippen LogP contribution is -1.89. The van der Waals surface area contributed by atoms with Crippen LogP contribution in [0, 0.1) is 13.8 Å². The minimum atomic E-state index is 1.31. The molecule has 0 saturated heterocycles. The van der Waals surface area contributed by atoms with Gasteiger partial charge in [-0.1, -0.05) is 66.7 Å². The lowest BCUT2D eigenvalue weighted by atomic mass is 9.89. The van der Waals surface area contributed by atoms with Gasteiger partial charge in [0.2, 0.25) is 0 Å². The van der Waals surface area contributed by atoms with E-state index in [1.54, 1.807) is 0 Å². The van der Waals surface area contributed by atoms with Crippen molar-refractivity contribution >= 4 is 21.5 Å². The molecule has 106 valence electrons. The Morgan fingerprint density at radius 3 is 2.09 bits per heavy atom. The molecular weight excluding hydrogens is 264 g/mol. The molecule has 0 saturated carbocycles. The predicted molar refractivity (Wildman–Crippen MR) is 96.4 cm³/mol. The molecule has 0 aliphatic heterocycles. The molecule has 0 heteroatoms. The van der Waals surface area contributed by atoms with Crippen molar-refractivity contribution in [3.05, 3.63) is 83.9 Å². The molecule has 0 fully saturated rings. The fourth-order valence-corrected chi connectivity index (χ4v) is 3.38. The molecule has 0 spiro atoms. The molecule has 0 unspecified atom stereocenters. The van der Waals surface area contributed by atoms with Crippen molar-refractivity contribution in [1.29, 1.82) is 0 Å². The van der Waals surface area contributed by atoms with Gasteiger partial charge in [0.15, 0.2) is 0 Å². The van der Waals surface area contributed by atoms with Crippen LogP contribution in [0.25, 0.3) is 32.7 Å². The van der Waals surface area contributed by atoms with Crippen LogP contribution < -0.4 is 0 Å². The number of rotatable bonds is 1. The maximum absolute atomic E-state index is 2.32. The highest BCUT2D eigenvalue weighted by atomic mass is 14.2. The number of benzene rings is 4. The number of aryl methyl sites for hydroxylation is 2. The third-order valence-electron chi connectivity index (χ3n) is 4.54. The molecule has 0 nitrogen and oxygen atoms in total. The van der Waals surface area contributed by atoms with E-state index in [2.05, 4.69) is 86.6 Å². The lowest BCUT2D eigenvalue weighted by Gasteiger charge is -2.15. The average Bonchev–Trinajstić information content (AvgIpc) is 2.54. The molecule has 0 aliphatic rings. The highest BCUT2D eigenvalue weighted by Crippen LogP contribution is 2.38. The van der Waals surface area contributed by atoms with Gasteiger partial charge in [0.1, 0.15) is 0 Å². The summed E-state index contributed by atoms with van der Waals surface area (Å²) in [6, 6.07) is 26.3. The minimum absolute atomic E-state index is 1.31. The fourth-order valence-electron chi connectivity index (χ4n) is 3.38. The maximum atomic E-state index is 2.32. The second kappa shape index (κ2) is 4.99. The molecule has 0 radical (unpaired) electrons. The Kier molecular flexibility index (Phi) is 2.97. The van der Waals surface area contributed by atoms with Crippen LogP contribution in [0.15, 0.2) is 72.8 Å². The standard InChI is InChI=1S/C22H18/c1-15-8-3-5-11-18(15)22-19-12-6-4-10-17(19)14-21-16(2)9-7-13-20(21)22/h3-14H,1-2H3. The van der Waals surface area contributed by atoms with Crippen LogP contribution in [0.2, 0.25) is 0 Å². The van der Waals surface area contributed by atoms with Crippen LogP contribution in [0.3, 0.4) is 0 Å². The van der Waals surface area contributed by atoms with Gasteiger partial charge in [-0.25, -0.2) is 0 Å². The van der Waals surface area contributed by atoms with Crippen molar-refractivity contribution in [3.63, 3.8) is 0 Å². The molecule has 0 N–H and O–H groups in total. The zero-order valence-electron chi connectivity index (χ0n) is 12.9. The Bertz CT molecular complexity index is 993. The summed E-state index contributed by atoms with van der Waals surface area (Å²) in [6.45, 7) is 4.39. The van der Waals surface area contributed by atoms with E-state index in [0.717, 1.165) is 0 Å². The Balaban J connectivity index is 2.27. The van der Waals surface area contributed by atoms with E-state index in [1.165, 1.54) is 43.8 Å². The fraction of sp³-hybridized carbons (Fsp3) is 0.0909. The van der Waals surface area contributed by atoms with Crippen molar-refractivity contribution in [2.45, 2.75) is 13.8 Å². The maximum Gasteiger partial charge on any atom is -0.00241 e. The third-order valence-corrected chi connectivity index (χ3v) is 4.54. The zero-order valence-corrected chi connectivity index (χ0v) is 12.9. The molecule has 0 aliphatic carbocycles. The van der Waals surface area contributed by atoms with Crippen molar-refractivity contribution in [1.82, 2.24) is 0 Å². The summed E-state index contributed by atoms with van der Waals surface area (Å²) in [5.74, 6) is 0. The average molecular weight is 282 g/mol. The second-order valence-electron chi connectivity index (χ2n) is 5.96. The minimum Gasteiger partial charge on any atom is -0.0620 e. The molecule has 0 atom stereocenters. The zero-order chi connectivity index (χ0) is 15.1. The van der Waals surface area contributed by atoms with Crippen LogP contribution >= 0.6 is 0 Å². The molecule has 0 bridgehead atoms. The monoisotopic (exact) mass is 282 g/mol. The van der Waals surface area contributed by atoms with Gasteiger partial charge in [-0.05, 0) is 63.7 Å².